The summed E-state index contributed by atoms with van der Waals surface area (Å²) in [5.41, 5.74) is 1.92. The van der Waals surface area contributed by atoms with Crippen molar-refractivity contribution >= 4 is 22.5 Å². The Balaban J connectivity index is 1.45. The van der Waals surface area contributed by atoms with Crippen molar-refractivity contribution in [3.63, 3.8) is 0 Å². The van der Waals surface area contributed by atoms with Crippen molar-refractivity contribution in [2.75, 3.05) is 19.5 Å². The highest BCUT2D eigenvalue weighted by molar-refractivity contribution is 5.92. The third-order valence-electron chi connectivity index (χ3n) is 4.89. The summed E-state index contributed by atoms with van der Waals surface area (Å²) in [6, 6.07) is 10.7. The van der Waals surface area contributed by atoms with Gasteiger partial charge in [-0.15, -0.1) is 5.10 Å². The number of methoxy groups -OCH3 is 2. The molecule has 0 aliphatic heterocycles. The van der Waals surface area contributed by atoms with Crippen LogP contribution in [0.25, 0.3) is 10.9 Å². The fourth-order valence-corrected chi connectivity index (χ4v) is 3.18. The summed E-state index contributed by atoms with van der Waals surface area (Å²) < 4.78 is 18.4. The smallest absolute Gasteiger partial charge is 0.230 e. The van der Waals surface area contributed by atoms with E-state index in [-0.39, 0.29) is 18.4 Å². The van der Waals surface area contributed by atoms with Crippen LogP contribution in [-0.4, -0.2) is 45.1 Å². The number of rotatable bonds is 8. The van der Waals surface area contributed by atoms with E-state index >= 15 is 0 Å². The second-order valence-corrected chi connectivity index (χ2v) is 7.54. The van der Waals surface area contributed by atoms with Crippen LogP contribution < -0.4 is 19.5 Å². The Labute approximate surface area is 190 Å². The molecule has 0 fully saturated rings. The van der Waals surface area contributed by atoms with Crippen molar-refractivity contribution in [1.29, 1.82) is 0 Å². The third-order valence-corrected chi connectivity index (χ3v) is 4.89. The predicted octanol–water partition coefficient (Wildman–Crippen LogP) is 3.79. The van der Waals surface area contributed by atoms with Gasteiger partial charge in [0.2, 0.25) is 11.8 Å². The van der Waals surface area contributed by atoms with Gasteiger partial charge in [-0.05, 0) is 44.2 Å². The Morgan fingerprint density at radius 3 is 2.45 bits per heavy atom. The fourth-order valence-electron chi connectivity index (χ4n) is 3.18. The minimum absolute atomic E-state index is 0.142. The summed E-state index contributed by atoms with van der Waals surface area (Å²) in [6.45, 7) is 4.00. The molecule has 0 spiro atoms. The number of ether oxygens (including phenoxy) is 3. The van der Waals surface area contributed by atoms with Gasteiger partial charge in [0.15, 0.2) is 11.5 Å². The van der Waals surface area contributed by atoms with Gasteiger partial charge >= 0.3 is 0 Å². The molecule has 10 nitrogen and oxygen atoms in total. The molecule has 0 saturated carbocycles. The first-order chi connectivity index (χ1) is 16.0. The molecular formula is C23H24N6O4. The lowest BCUT2D eigenvalue weighted by atomic mass is 10.2. The van der Waals surface area contributed by atoms with Crippen LogP contribution in [0.5, 0.6) is 23.1 Å². The molecule has 2 heterocycles. The van der Waals surface area contributed by atoms with E-state index in [9.17, 15) is 4.79 Å². The molecule has 10 heteroatoms. The lowest BCUT2D eigenvalue weighted by Gasteiger charge is -2.12. The molecule has 0 bridgehead atoms. The standard InChI is InChI=1S/C23H24N6O4/c1-14(2)29-12-16(27-28-29)9-22(30)26-15-5-7-17(8-6-15)33-23-18-10-20(31-3)21(32-4)11-19(18)24-13-25-23/h5-8,10-14H,9H2,1-4H3,(H,26,30). The number of carbonyl (C=O) groups is 1. The maximum atomic E-state index is 12.3. The zero-order chi connectivity index (χ0) is 23.4. The van der Waals surface area contributed by atoms with Crippen LogP contribution in [-0.2, 0) is 11.2 Å². The highest BCUT2D eigenvalue weighted by atomic mass is 16.5. The summed E-state index contributed by atoms with van der Waals surface area (Å²) in [6.07, 6.45) is 3.34. The molecule has 33 heavy (non-hydrogen) atoms. The van der Waals surface area contributed by atoms with E-state index in [1.54, 1.807) is 61.5 Å². The Morgan fingerprint density at radius 1 is 1.06 bits per heavy atom. The minimum atomic E-state index is -0.178. The van der Waals surface area contributed by atoms with Gasteiger partial charge in [-0.2, -0.15) is 0 Å². The van der Waals surface area contributed by atoms with Crippen LogP contribution in [0.15, 0.2) is 48.9 Å². The first-order valence-electron chi connectivity index (χ1n) is 10.3. The highest BCUT2D eigenvalue weighted by Crippen LogP contribution is 2.35. The van der Waals surface area contributed by atoms with Crippen molar-refractivity contribution in [3.05, 3.63) is 54.6 Å². The monoisotopic (exact) mass is 448 g/mol. The Bertz CT molecular complexity index is 1270. The van der Waals surface area contributed by atoms with Crippen LogP contribution in [0.1, 0.15) is 25.6 Å². The first kappa shape index (κ1) is 22.0. The number of nitrogens with one attached hydrogen (secondary N) is 1. The van der Waals surface area contributed by atoms with Gasteiger partial charge in [0, 0.05) is 24.0 Å². The van der Waals surface area contributed by atoms with Crippen LogP contribution in [0.4, 0.5) is 5.69 Å². The second kappa shape index (κ2) is 9.51. The van der Waals surface area contributed by atoms with Gasteiger partial charge in [0.25, 0.3) is 0 Å². The van der Waals surface area contributed by atoms with Crippen molar-refractivity contribution in [2.24, 2.45) is 0 Å². The van der Waals surface area contributed by atoms with Gasteiger partial charge in [0.05, 0.1) is 37.2 Å². The maximum Gasteiger partial charge on any atom is 0.230 e. The number of hydrogen-bond acceptors (Lipinski definition) is 8. The zero-order valence-corrected chi connectivity index (χ0v) is 18.8. The van der Waals surface area contributed by atoms with Crippen LogP contribution in [0.3, 0.4) is 0 Å². The Kier molecular flexibility index (Phi) is 6.34. The summed E-state index contributed by atoms with van der Waals surface area (Å²) in [4.78, 5) is 20.9. The van der Waals surface area contributed by atoms with Crippen LogP contribution in [0.2, 0.25) is 0 Å². The van der Waals surface area contributed by atoms with E-state index < -0.39 is 0 Å². The van der Waals surface area contributed by atoms with Crippen molar-refractivity contribution in [1.82, 2.24) is 25.0 Å². The number of nitrogens with zero attached hydrogens (tertiary/aromatic N) is 5. The maximum absolute atomic E-state index is 12.3. The lowest BCUT2D eigenvalue weighted by Crippen LogP contribution is -2.14. The minimum Gasteiger partial charge on any atom is -0.493 e. The Morgan fingerprint density at radius 2 is 1.79 bits per heavy atom. The molecule has 4 aromatic rings. The van der Waals surface area contributed by atoms with E-state index in [4.69, 9.17) is 14.2 Å². The van der Waals surface area contributed by atoms with Gasteiger partial charge < -0.3 is 19.5 Å². The molecule has 0 atom stereocenters. The van der Waals surface area contributed by atoms with Crippen molar-refractivity contribution in [2.45, 2.75) is 26.3 Å². The molecule has 1 amide bonds. The molecule has 0 aliphatic carbocycles. The van der Waals surface area contributed by atoms with Gasteiger partial charge in [-0.1, -0.05) is 5.21 Å². The molecule has 170 valence electrons. The molecule has 0 aliphatic rings. The number of benzene rings is 2. The van der Waals surface area contributed by atoms with Gasteiger partial charge in [0.1, 0.15) is 12.1 Å². The summed E-state index contributed by atoms with van der Waals surface area (Å²) in [5, 5.41) is 11.6. The second-order valence-electron chi connectivity index (χ2n) is 7.54. The molecule has 0 radical (unpaired) electrons. The molecule has 2 aromatic carbocycles. The summed E-state index contributed by atoms with van der Waals surface area (Å²) in [7, 11) is 3.13. The average molecular weight is 448 g/mol. The van der Waals surface area contributed by atoms with E-state index in [2.05, 4.69) is 25.6 Å². The normalized spacial score (nSPS) is 10.9. The number of hydrogen-bond donors (Lipinski definition) is 1. The molecule has 2 aromatic heterocycles. The van der Waals surface area contributed by atoms with Crippen LogP contribution >= 0.6 is 0 Å². The van der Waals surface area contributed by atoms with Gasteiger partial charge in [-0.3, -0.25) is 4.79 Å². The topological polar surface area (TPSA) is 113 Å². The van der Waals surface area contributed by atoms with E-state index in [1.807, 2.05) is 13.8 Å². The summed E-state index contributed by atoms with van der Waals surface area (Å²) in [5.74, 6) is 1.88. The quantitative estimate of drug-likeness (QED) is 0.433. The Hall–Kier alpha value is -4.21. The number of amides is 1. The lowest BCUT2D eigenvalue weighted by molar-refractivity contribution is -0.115. The van der Waals surface area contributed by atoms with Crippen molar-refractivity contribution in [3.8, 4) is 23.1 Å². The summed E-state index contributed by atoms with van der Waals surface area (Å²) >= 11 is 0. The highest BCUT2D eigenvalue weighted by Gasteiger charge is 2.13. The fraction of sp³-hybridized carbons (Fsp3) is 0.261. The number of carbonyl (C=O) groups excluding carboxylic acids is 1. The molecule has 4 rings (SSSR count). The largest absolute Gasteiger partial charge is 0.493 e. The number of anilines is 1. The van der Waals surface area contributed by atoms with Crippen LogP contribution in [0, 0.1) is 0 Å². The van der Waals surface area contributed by atoms with Crippen molar-refractivity contribution < 1.29 is 19.0 Å². The molecule has 0 unspecified atom stereocenters. The molecule has 0 saturated heterocycles. The first-order valence-corrected chi connectivity index (χ1v) is 10.3. The SMILES string of the molecule is COc1cc2ncnc(Oc3ccc(NC(=O)Cc4cn(C(C)C)nn4)cc3)c2cc1OC. The molecular weight excluding hydrogens is 424 g/mol. The molecule has 1 N–H and O–H groups in total. The predicted molar refractivity (Wildman–Crippen MR) is 122 cm³/mol. The van der Waals surface area contributed by atoms with E-state index in [1.165, 1.54) is 6.33 Å². The van der Waals surface area contributed by atoms with E-state index in [0.29, 0.717) is 45.4 Å². The number of aromatic nitrogens is 5. The third kappa shape index (κ3) is 5.00. The van der Waals surface area contributed by atoms with Gasteiger partial charge in [-0.25, -0.2) is 14.6 Å². The average Bonchev–Trinajstić information content (AvgIpc) is 3.28. The van der Waals surface area contributed by atoms with E-state index in [0.717, 1.165) is 0 Å². The number of fused-ring (bicyclic) bond motifs is 1. The zero-order valence-electron chi connectivity index (χ0n) is 18.8.